The topological polar surface area (TPSA) is 59.4 Å². The monoisotopic (exact) mass is 406 g/mol. The van der Waals surface area contributed by atoms with Gasteiger partial charge in [-0.1, -0.05) is 12.1 Å². The van der Waals surface area contributed by atoms with Gasteiger partial charge in [0, 0.05) is 30.3 Å². The SMILES string of the molecule is CCN1C(=S)NC(c2ccccn2)C1c1cccn1-c1cccc(C(=O)OC)c1. The van der Waals surface area contributed by atoms with Crippen LogP contribution in [0.1, 0.15) is 40.8 Å². The first kappa shape index (κ1) is 19.1. The van der Waals surface area contributed by atoms with Crippen LogP contribution in [0.4, 0.5) is 0 Å². The molecular weight excluding hydrogens is 384 g/mol. The Morgan fingerprint density at radius 3 is 2.79 bits per heavy atom. The van der Waals surface area contributed by atoms with Crippen LogP contribution in [0.2, 0.25) is 0 Å². The summed E-state index contributed by atoms with van der Waals surface area (Å²) in [6, 6.07) is 17.3. The summed E-state index contributed by atoms with van der Waals surface area (Å²) in [4.78, 5) is 18.7. The van der Waals surface area contributed by atoms with E-state index < -0.39 is 0 Å². The maximum atomic E-state index is 12.0. The number of hydrogen-bond donors (Lipinski definition) is 1. The Labute approximate surface area is 175 Å². The van der Waals surface area contributed by atoms with Gasteiger partial charge >= 0.3 is 5.97 Å². The molecule has 2 aromatic heterocycles. The highest BCUT2D eigenvalue weighted by molar-refractivity contribution is 7.80. The molecule has 2 atom stereocenters. The van der Waals surface area contributed by atoms with Crippen molar-refractivity contribution in [3.05, 3.63) is 83.9 Å². The molecule has 0 bridgehead atoms. The normalized spacial score (nSPS) is 18.6. The van der Waals surface area contributed by atoms with Crippen LogP contribution in [0.15, 0.2) is 67.0 Å². The van der Waals surface area contributed by atoms with Crippen molar-refractivity contribution >= 4 is 23.3 Å². The van der Waals surface area contributed by atoms with Gasteiger partial charge in [0.25, 0.3) is 0 Å². The molecule has 1 aliphatic rings. The van der Waals surface area contributed by atoms with Gasteiger partial charge in [-0.15, -0.1) is 0 Å². The average Bonchev–Trinajstić information content (AvgIpc) is 3.37. The number of nitrogens with zero attached hydrogens (tertiary/aromatic N) is 3. The van der Waals surface area contributed by atoms with E-state index in [4.69, 9.17) is 17.0 Å². The van der Waals surface area contributed by atoms with Crippen molar-refractivity contribution < 1.29 is 9.53 Å². The molecule has 1 N–H and O–H groups in total. The number of nitrogens with one attached hydrogen (secondary N) is 1. The minimum atomic E-state index is -0.356. The lowest BCUT2D eigenvalue weighted by Crippen LogP contribution is -2.30. The zero-order chi connectivity index (χ0) is 20.4. The highest BCUT2D eigenvalue weighted by Gasteiger charge is 2.40. The molecule has 2 unspecified atom stereocenters. The summed E-state index contributed by atoms with van der Waals surface area (Å²) >= 11 is 5.61. The molecule has 3 heterocycles. The molecule has 148 valence electrons. The summed E-state index contributed by atoms with van der Waals surface area (Å²) in [5.41, 5.74) is 3.41. The van der Waals surface area contributed by atoms with Crippen LogP contribution in [-0.4, -0.2) is 39.2 Å². The average molecular weight is 407 g/mol. The molecule has 3 aromatic rings. The van der Waals surface area contributed by atoms with Crippen molar-refractivity contribution in [2.24, 2.45) is 0 Å². The largest absolute Gasteiger partial charge is 0.465 e. The Balaban J connectivity index is 1.79. The standard InChI is InChI=1S/C22H22N4O2S/c1-3-25-20(19(24-22(25)29)17-10-4-5-12-23-17)18-11-7-13-26(18)16-9-6-8-15(14-16)21(27)28-2/h4-14,19-20H,3H2,1-2H3,(H,24,29). The van der Waals surface area contributed by atoms with E-state index in [0.717, 1.165) is 23.6 Å². The molecule has 4 rings (SSSR count). The van der Waals surface area contributed by atoms with Gasteiger partial charge in [-0.2, -0.15) is 0 Å². The van der Waals surface area contributed by atoms with Crippen LogP contribution in [-0.2, 0) is 4.74 Å². The summed E-state index contributed by atoms with van der Waals surface area (Å²) in [6.07, 6.45) is 3.79. The number of carbonyl (C=O) groups is 1. The quantitative estimate of drug-likeness (QED) is 0.516. The molecule has 0 spiro atoms. The zero-order valence-electron chi connectivity index (χ0n) is 16.3. The number of methoxy groups -OCH3 is 1. The number of pyridine rings is 1. The van der Waals surface area contributed by atoms with E-state index in [-0.39, 0.29) is 18.1 Å². The fourth-order valence-electron chi connectivity index (χ4n) is 3.84. The first-order chi connectivity index (χ1) is 14.1. The number of likely N-dealkylation sites (N-methyl/N-ethyl adjacent to an activating group) is 1. The fourth-order valence-corrected chi connectivity index (χ4v) is 4.21. The van der Waals surface area contributed by atoms with E-state index in [1.54, 1.807) is 12.3 Å². The van der Waals surface area contributed by atoms with Crippen LogP contribution in [0, 0.1) is 0 Å². The highest BCUT2D eigenvalue weighted by atomic mass is 32.1. The molecule has 1 fully saturated rings. The van der Waals surface area contributed by atoms with Gasteiger partial charge in [0.05, 0.1) is 30.5 Å². The third kappa shape index (κ3) is 3.49. The third-order valence-electron chi connectivity index (χ3n) is 5.17. The number of thiocarbonyl (C=S) groups is 1. The van der Waals surface area contributed by atoms with E-state index in [2.05, 4.69) is 32.8 Å². The molecule has 6 nitrogen and oxygen atoms in total. The van der Waals surface area contributed by atoms with Crippen LogP contribution >= 0.6 is 12.2 Å². The second-order valence-electron chi connectivity index (χ2n) is 6.76. The molecule has 7 heteroatoms. The Morgan fingerprint density at radius 2 is 2.07 bits per heavy atom. The predicted molar refractivity (Wildman–Crippen MR) is 115 cm³/mol. The number of carbonyl (C=O) groups excluding carboxylic acids is 1. The summed E-state index contributed by atoms with van der Waals surface area (Å²) in [7, 11) is 1.39. The zero-order valence-corrected chi connectivity index (χ0v) is 17.1. The van der Waals surface area contributed by atoms with Gasteiger partial charge in [0.1, 0.15) is 0 Å². The molecule has 0 radical (unpaired) electrons. The number of hydrogen-bond acceptors (Lipinski definition) is 4. The molecule has 1 aromatic carbocycles. The maximum Gasteiger partial charge on any atom is 0.337 e. The van der Waals surface area contributed by atoms with Crippen molar-refractivity contribution in [3.63, 3.8) is 0 Å². The lowest BCUT2D eigenvalue weighted by atomic mass is 10.0. The van der Waals surface area contributed by atoms with Crippen LogP contribution in [0.25, 0.3) is 5.69 Å². The Hall–Kier alpha value is -3.19. The lowest BCUT2D eigenvalue weighted by Gasteiger charge is -2.28. The minimum Gasteiger partial charge on any atom is -0.465 e. The second-order valence-corrected chi connectivity index (χ2v) is 7.14. The van der Waals surface area contributed by atoms with E-state index >= 15 is 0 Å². The minimum absolute atomic E-state index is 0.0285. The van der Waals surface area contributed by atoms with E-state index in [9.17, 15) is 4.79 Å². The molecule has 1 aliphatic heterocycles. The molecule has 0 aliphatic carbocycles. The Bertz CT molecular complexity index is 1030. The van der Waals surface area contributed by atoms with Crippen LogP contribution in [0.3, 0.4) is 0 Å². The van der Waals surface area contributed by atoms with Crippen molar-refractivity contribution in [1.82, 2.24) is 19.8 Å². The van der Waals surface area contributed by atoms with Gasteiger partial charge in [0.15, 0.2) is 5.11 Å². The summed E-state index contributed by atoms with van der Waals surface area (Å²) < 4.78 is 6.96. The summed E-state index contributed by atoms with van der Waals surface area (Å²) in [5, 5.41) is 4.15. The van der Waals surface area contributed by atoms with E-state index in [0.29, 0.717) is 10.7 Å². The summed E-state index contributed by atoms with van der Waals surface area (Å²) in [5.74, 6) is -0.356. The summed E-state index contributed by atoms with van der Waals surface area (Å²) in [6.45, 7) is 2.86. The molecular formula is C22H22N4O2S. The number of ether oxygens (including phenoxy) is 1. The van der Waals surface area contributed by atoms with Gasteiger partial charge < -0.3 is 19.5 Å². The number of rotatable bonds is 5. The van der Waals surface area contributed by atoms with E-state index in [1.807, 2.05) is 48.7 Å². The van der Waals surface area contributed by atoms with Crippen molar-refractivity contribution in [1.29, 1.82) is 0 Å². The van der Waals surface area contributed by atoms with Gasteiger partial charge in [-0.3, -0.25) is 4.98 Å². The van der Waals surface area contributed by atoms with Crippen molar-refractivity contribution in [3.8, 4) is 5.69 Å². The first-order valence-corrected chi connectivity index (χ1v) is 9.89. The van der Waals surface area contributed by atoms with Crippen molar-refractivity contribution in [2.75, 3.05) is 13.7 Å². The fraction of sp³-hybridized carbons (Fsp3) is 0.227. The van der Waals surface area contributed by atoms with Gasteiger partial charge in [-0.25, -0.2) is 4.79 Å². The van der Waals surface area contributed by atoms with Crippen LogP contribution in [0.5, 0.6) is 0 Å². The van der Waals surface area contributed by atoms with Gasteiger partial charge in [-0.05, 0) is 61.6 Å². The molecule has 29 heavy (non-hydrogen) atoms. The second kappa shape index (κ2) is 8.05. The van der Waals surface area contributed by atoms with E-state index in [1.165, 1.54) is 7.11 Å². The molecule has 0 amide bonds. The molecule has 0 saturated carbocycles. The number of aromatic nitrogens is 2. The smallest absolute Gasteiger partial charge is 0.337 e. The number of benzene rings is 1. The Kier molecular flexibility index (Phi) is 5.31. The maximum absolute atomic E-state index is 12.0. The number of esters is 1. The molecule has 1 saturated heterocycles. The first-order valence-electron chi connectivity index (χ1n) is 9.48. The predicted octanol–water partition coefficient (Wildman–Crippen LogP) is 3.65. The van der Waals surface area contributed by atoms with Crippen LogP contribution < -0.4 is 5.32 Å². The van der Waals surface area contributed by atoms with Gasteiger partial charge in [0.2, 0.25) is 0 Å². The lowest BCUT2D eigenvalue weighted by molar-refractivity contribution is 0.0600. The highest BCUT2D eigenvalue weighted by Crippen LogP contribution is 2.39. The van der Waals surface area contributed by atoms with Crippen molar-refractivity contribution in [2.45, 2.75) is 19.0 Å². The Morgan fingerprint density at radius 1 is 1.21 bits per heavy atom. The third-order valence-corrected chi connectivity index (χ3v) is 5.52.